The van der Waals surface area contributed by atoms with Gasteiger partial charge in [0.1, 0.15) is 0 Å². The highest BCUT2D eigenvalue weighted by atomic mass is 19.4. The van der Waals surface area contributed by atoms with Crippen LogP contribution in [0, 0.1) is 0 Å². The summed E-state index contributed by atoms with van der Waals surface area (Å²) in [4.78, 5) is 11.0. The lowest BCUT2D eigenvalue weighted by atomic mass is 10.0. The van der Waals surface area contributed by atoms with Crippen molar-refractivity contribution in [2.24, 2.45) is 0 Å². The number of hydrogen-bond donors (Lipinski definition) is 1. The third-order valence-corrected chi connectivity index (χ3v) is 3.29. The second kappa shape index (κ2) is 6.74. The van der Waals surface area contributed by atoms with Crippen molar-refractivity contribution in [1.82, 2.24) is 9.61 Å². The van der Waals surface area contributed by atoms with Crippen LogP contribution in [-0.2, 0) is 6.18 Å². The molecule has 126 valence electrons. The Hall–Kier alpha value is -2.83. The van der Waals surface area contributed by atoms with Crippen LogP contribution < -0.4 is 0 Å². The lowest BCUT2D eigenvalue weighted by Crippen LogP contribution is -2.04. The minimum Gasteiger partial charge on any atom is -0.478 e. The summed E-state index contributed by atoms with van der Waals surface area (Å²) >= 11 is 0. The van der Waals surface area contributed by atoms with Gasteiger partial charge >= 0.3 is 12.1 Å². The highest BCUT2D eigenvalue weighted by Crippen LogP contribution is 2.32. The van der Waals surface area contributed by atoms with Crippen LogP contribution in [0.2, 0.25) is 0 Å². The molecule has 7 heteroatoms. The minimum atomic E-state index is -4.39. The number of benzene rings is 1. The second-order valence-corrected chi connectivity index (χ2v) is 4.68. The lowest BCUT2D eigenvalue weighted by molar-refractivity contribution is -0.137. The van der Waals surface area contributed by atoms with Gasteiger partial charge in [-0.05, 0) is 29.8 Å². The first-order valence-electron chi connectivity index (χ1n) is 7.24. The number of rotatable bonds is 2. The van der Waals surface area contributed by atoms with E-state index in [2.05, 4.69) is 5.10 Å². The lowest BCUT2D eigenvalue weighted by Gasteiger charge is -2.07. The van der Waals surface area contributed by atoms with Crippen molar-refractivity contribution in [3.63, 3.8) is 0 Å². The zero-order valence-electron chi connectivity index (χ0n) is 13.0. The quantitative estimate of drug-likeness (QED) is 0.735. The third kappa shape index (κ3) is 3.40. The van der Waals surface area contributed by atoms with Gasteiger partial charge in [0.25, 0.3) is 0 Å². The van der Waals surface area contributed by atoms with E-state index in [4.69, 9.17) is 5.11 Å². The Morgan fingerprint density at radius 2 is 1.75 bits per heavy atom. The molecule has 0 fully saturated rings. The Morgan fingerprint density at radius 1 is 1.12 bits per heavy atom. The number of halogens is 3. The monoisotopic (exact) mass is 336 g/mol. The maximum absolute atomic E-state index is 12.6. The number of carboxylic acid groups (broad SMARTS) is 1. The second-order valence-electron chi connectivity index (χ2n) is 4.68. The fourth-order valence-corrected chi connectivity index (χ4v) is 2.17. The standard InChI is InChI=1S/C15H9F3N2O2.C2H6/c16-15(17,18)11-3-1-9(2-4-11)12-8-19-20-6-5-10(14(21)22)7-13(12)20;1-2/h1-8H,(H,21,22);1-2H3. The SMILES string of the molecule is CC.O=C(O)c1ccn2ncc(-c3ccc(C(F)(F)F)cc3)c2c1. The maximum Gasteiger partial charge on any atom is 0.416 e. The number of carboxylic acids is 1. The Balaban J connectivity index is 0.00000100. The molecule has 3 aromatic rings. The molecule has 0 saturated carbocycles. The van der Waals surface area contributed by atoms with Crippen molar-refractivity contribution in [3.8, 4) is 11.1 Å². The zero-order chi connectivity index (χ0) is 17.9. The fourth-order valence-electron chi connectivity index (χ4n) is 2.17. The molecule has 0 aliphatic carbocycles. The summed E-state index contributed by atoms with van der Waals surface area (Å²) in [5.74, 6) is -1.08. The molecule has 2 heterocycles. The molecular weight excluding hydrogens is 321 g/mol. The molecule has 2 aromatic heterocycles. The Labute approximate surface area is 136 Å². The van der Waals surface area contributed by atoms with Crippen LogP contribution in [0.1, 0.15) is 29.8 Å². The molecule has 3 rings (SSSR count). The molecule has 0 aliphatic heterocycles. The average molecular weight is 336 g/mol. The number of fused-ring (bicyclic) bond motifs is 1. The van der Waals surface area contributed by atoms with Crippen LogP contribution in [-0.4, -0.2) is 20.7 Å². The van der Waals surface area contributed by atoms with Crippen molar-refractivity contribution in [3.05, 3.63) is 59.9 Å². The van der Waals surface area contributed by atoms with Crippen molar-refractivity contribution in [2.45, 2.75) is 20.0 Å². The number of aromatic nitrogens is 2. The van der Waals surface area contributed by atoms with Crippen molar-refractivity contribution in [1.29, 1.82) is 0 Å². The van der Waals surface area contributed by atoms with E-state index < -0.39 is 17.7 Å². The van der Waals surface area contributed by atoms with Gasteiger partial charge in [0.15, 0.2) is 0 Å². The smallest absolute Gasteiger partial charge is 0.416 e. The minimum absolute atomic E-state index is 0.0844. The van der Waals surface area contributed by atoms with Gasteiger partial charge in [-0.15, -0.1) is 0 Å². The maximum atomic E-state index is 12.6. The van der Waals surface area contributed by atoms with E-state index in [1.54, 1.807) is 0 Å². The van der Waals surface area contributed by atoms with Gasteiger partial charge in [-0.3, -0.25) is 0 Å². The molecule has 0 aliphatic rings. The predicted octanol–water partition coefficient (Wildman–Crippen LogP) is 4.74. The largest absolute Gasteiger partial charge is 0.478 e. The van der Waals surface area contributed by atoms with E-state index >= 15 is 0 Å². The van der Waals surface area contributed by atoms with E-state index in [-0.39, 0.29) is 5.56 Å². The van der Waals surface area contributed by atoms with Gasteiger partial charge < -0.3 is 5.11 Å². The molecule has 1 N–H and O–H groups in total. The first kappa shape index (κ1) is 17.5. The first-order chi connectivity index (χ1) is 11.4. The van der Waals surface area contributed by atoms with E-state index in [9.17, 15) is 18.0 Å². The number of nitrogens with zero attached hydrogens (tertiary/aromatic N) is 2. The van der Waals surface area contributed by atoms with Crippen LogP contribution in [0.3, 0.4) is 0 Å². The highest BCUT2D eigenvalue weighted by Gasteiger charge is 2.30. The third-order valence-electron chi connectivity index (χ3n) is 3.29. The van der Waals surface area contributed by atoms with Gasteiger partial charge in [0.2, 0.25) is 0 Å². The topological polar surface area (TPSA) is 54.6 Å². The summed E-state index contributed by atoms with van der Waals surface area (Å²) < 4.78 is 39.2. The summed E-state index contributed by atoms with van der Waals surface area (Å²) in [7, 11) is 0. The van der Waals surface area contributed by atoms with Gasteiger partial charge in [0.05, 0.1) is 22.8 Å². The van der Waals surface area contributed by atoms with Gasteiger partial charge in [-0.2, -0.15) is 18.3 Å². The Morgan fingerprint density at radius 3 is 2.29 bits per heavy atom. The van der Waals surface area contributed by atoms with Crippen molar-refractivity contribution < 1.29 is 23.1 Å². The molecule has 0 atom stereocenters. The molecule has 0 bridgehead atoms. The number of alkyl halides is 3. The van der Waals surface area contributed by atoms with E-state index in [1.807, 2.05) is 13.8 Å². The summed E-state index contributed by atoms with van der Waals surface area (Å²) in [6, 6.07) is 7.49. The summed E-state index contributed by atoms with van der Waals surface area (Å²) in [6.45, 7) is 4.00. The molecule has 4 nitrogen and oxygen atoms in total. The summed E-state index contributed by atoms with van der Waals surface area (Å²) in [6.07, 6.45) is -1.41. The predicted molar refractivity (Wildman–Crippen MR) is 83.9 cm³/mol. The van der Waals surface area contributed by atoms with Gasteiger partial charge in [-0.1, -0.05) is 26.0 Å². The molecule has 0 amide bonds. The highest BCUT2D eigenvalue weighted by molar-refractivity contribution is 5.91. The number of pyridine rings is 1. The van der Waals surface area contributed by atoms with Crippen LogP contribution in [0.15, 0.2) is 48.8 Å². The Kier molecular flexibility index (Phi) is 4.92. The van der Waals surface area contributed by atoms with Crippen molar-refractivity contribution in [2.75, 3.05) is 0 Å². The molecule has 24 heavy (non-hydrogen) atoms. The number of carbonyl (C=O) groups is 1. The van der Waals surface area contributed by atoms with Crippen LogP contribution in [0.4, 0.5) is 13.2 Å². The number of aromatic carboxylic acids is 1. The van der Waals surface area contributed by atoms with E-state index in [0.29, 0.717) is 16.6 Å². The molecule has 0 unspecified atom stereocenters. The fraction of sp³-hybridized carbons (Fsp3) is 0.176. The normalized spacial score (nSPS) is 11.0. The van der Waals surface area contributed by atoms with Crippen LogP contribution in [0.5, 0.6) is 0 Å². The van der Waals surface area contributed by atoms with Crippen molar-refractivity contribution >= 4 is 11.5 Å². The summed E-state index contributed by atoms with van der Waals surface area (Å²) in [5, 5.41) is 13.1. The molecule has 1 aromatic carbocycles. The molecule has 0 saturated heterocycles. The molecule has 0 spiro atoms. The molecular formula is C17H15F3N2O2. The average Bonchev–Trinajstić information content (AvgIpc) is 2.99. The van der Waals surface area contributed by atoms with E-state index in [0.717, 1.165) is 12.1 Å². The van der Waals surface area contributed by atoms with Crippen LogP contribution in [0.25, 0.3) is 16.6 Å². The van der Waals surface area contributed by atoms with Crippen LogP contribution >= 0.6 is 0 Å². The Bertz CT molecular complexity index is 852. The zero-order valence-corrected chi connectivity index (χ0v) is 13.0. The van der Waals surface area contributed by atoms with Gasteiger partial charge in [-0.25, -0.2) is 9.31 Å². The number of hydrogen-bond acceptors (Lipinski definition) is 2. The van der Waals surface area contributed by atoms with Gasteiger partial charge in [0, 0.05) is 11.8 Å². The molecule has 0 radical (unpaired) electrons. The summed E-state index contributed by atoms with van der Waals surface area (Å²) in [5.41, 5.74) is 0.960. The first-order valence-corrected chi connectivity index (χ1v) is 7.24. The van der Waals surface area contributed by atoms with E-state index in [1.165, 1.54) is 41.2 Å².